The van der Waals surface area contributed by atoms with Crippen LogP contribution in [0.2, 0.25) is 0 Å². The molecule has 1 aromatic carbocycles. The molecular weight excluding hydrogens is 1280 g/mol. The number of hydrogen-bond donors (Lipinski definition) is 9. The summed E-state index contributed by atoms with van der Waals surface area (Å²) in [7, 11) is 0. The first-order chi connectivity index (χ1) is 46.9. The first kappa shape index (κ1) is 76.6. The molecule has 1 aliphatic heterocycles. The van der Waals surface area contributed by atoms with E-state index in [9.17, 15) is 48.3 Å². The Morgan fingerprint density at radius 3 is 2.11 bits per heavy atom. The number of primary amides is 1. The number of anilines is 1. The van der Waals surface area contributed by atoms with Crippen molar-refractivity contribution in [3.63, 3.8) is 0 Å². The Morgan fingerprint density at radius 1 is 0.786 bits per heavy atom. The summed E-state index contributed by atoms with van der Waals surface area (Å²) >= 11 is 0. The topological polar surface area (TPSA) is 367 Å². The number of aliphatic hydroxyl groups is 1. The number of alkyl halides is 2. The van der Waals surface area contributed by atoms with E-state index in [-0.39, 0.29) is 83.0 Å². The van der Waals surface area contributed by atoms with Gasteiger partial charge in [0.1, 0.15) is 44.7 Å². The Kier molecular flexibility index (Phi) is 27.9. The van der Waals surface area contributed by atoms with Gasteiger partial charge in [0.25, 0.3) is 0 Å². The average molecular weight is 1380 g/mol. The Hall–Kier alpha value is -7.17. The molecule has 27 nitrogen and oxygen atoms in total. The normalized spacial score (nSPS) is 29.1. The van der Waals surface area contributed by atoms with Gasteiger partial charge in [-0.05, 0) is 123 Å². The van der Waals surface area contributed by atoms with E-state index in [4.69, 9.17) is 48.4 Å². The van der Waals surface area contributed by atoms with E-state index in [0.717, 1.165) is 31.8 Å². The molecule has 0 bridgehead atoms. The van der Waals surface area contributed by atoms with E-state index in [1.807, 2.05) is 6.92 Å². The maximum Gasteiger partial charge on any atom is 0.407 e. The summed E-state index contributed by atoms with van der Waals surface area (Å²) < 4.78 is 85.3. The molecule has 6 aliphatic carbocycles. The van der Waals surface area contributed by atoms with Gasteiger partial charge in [-0.1, -0.05) is 52.3 Å². The molecule has 15 atom stereocenters. The van der Waals surface area contributed by atoms with Crippen LogP contribution in [0.3, 0.4) is 0 Å². The van der Waals surface area contributed by atoms with Gasteiger partial charge in [0, 0.05) is 54.8 Å². The fourth-order valence-corrected chi connectivity index (χ4v) is 15.1. The van der Waals surface area contributed by atoms with Crippen LogP contribution in [0.15, 0.2) is 48.1 Å². The lowest BCUT2D eigenvalue weighted by atomic mass is 9.44. The minimum atomic E-state index is -2.37. The number of allylic oxidation sites excluding steroid dienone is 4. The maximum atomic E-state index is 17.9. The zero-order valence-corrected chi connectivity index (χ0v) is 56.7. The number of nitrogens with two attached hydrogens (primary N) is 1. The van der Waals surface area contributed by atoms with Gasteiger partial charge in [-0.25, -0.2) is 23.2 Å². The van der Waals surface area contributed by atoms with Crippen LogP contribution in [0, 0.1) is 58.2 Å². The molecule has 0 spiro atoms. The summed E-state index contributed by atoms with van der Waals surface area (Å²) in [6.07, 6.45) is 2.22. The van der Waals surface area contributed by atoms with Crippen molar-refractivity contribution >= 4 is 59.1 Å². The highest BCUT2D eigenvalue weighted by Gasteiger charge is 2.80. The molecule has 7 aliphatic rings. The van der Waals surface area contributed by atoms with Gasteiger partial charge >= 0.3 is 18.2 Å². The van der Waals surface area contributed by atoms with Crippen LogP contribution in [0.4, 0.5) is 28.9 Å². The number of fused-ring (bicyclic) bond motifs is 8. The van der Waals surface area contributed by atoms with Crippen molar-refractivity contribution in [1.82, 2.24) is 31.9 Å². The molecule has 0 radical (unpaired) electrons. The summed E-state index contributed by atoms with van der Waals surface area (Å²) in [6.45, 7) is 9.85. The Balaban J connectivity index is 0.687. The number of amides is 8. The van der Waals surface area contributed by atoms with Crippen LogP contribution >= 0.6 is 0 Å². The van der Waals surface area contributed by atoms with Crippen molar-refractivity contribution in [2.75, 3.05) is 97.8 Å². The predicted octanol–water partition coefficient (Wildman–Crippen LogP) is 4.42. The van der Waals surface area contributed by atoms with Gasteiger partial charge in [0.2, 0.25) is 23.6 Å². The molecule has 542 valence electrons. The first-order valence-corrected chi connectivity index (χ1v) is 34.2. The van der Waals surface area contributed by atoms with Crippen molar-refractivity contribution in [2.24, 2.45) is 52.1 Å². The number of Topliss-reactive ketones (excluding diaryl/α,β-unsaturated/α-hetero) is 1. The second-order valence-corrected chi connectivity index (χ2v) is 26.9. The van der Waals surface area contributed by atoms with Crippen LogP contribution in [0.25, 0.3) is 0 Å². The lowest BCUT2D eigenvalue weighted by molar-refractivity contribution is -0.235. The summed E-state index contributed by atoms with van der Waals surface area (Å²) in [5.41, 5.74) is -0.900. The van der Waals surface area contributed by atoms with Crippen LogP contribution in [-0.4, -0.2) is 199 Å². The van der Waals surface area contributed by atoms with Crippen molar-refractivity contribution in [3.05, 3.63) is 53.6 Å². The lowest BCUT2D eigenvalue weighted by Crippen LogP contribution is -2.71. The Morgan fingerprint density at radius 2 is 1.45 bits per heavy atom. The minimum absolute atomic E-state index is 0.0156. The molecule has 1 heterocycles. The SMILES string of the molecule is CCCC1O[C@@H]2C[C@H]3[C@@H]4C[C@H](F)C5=CC(=O)C=C[C@]5(C)[C@@]4(F)[C@@H](O)C[C@]3(C)[C@]2(C(=O)COCNC(=O)CNC(=O)OCc2ccc(NC(=O)[C@H](CCCNC(N)=O)NC(=O)[C@@H](NC(=O)CCOCCOCCOCCOCCNC(=O)OCC3[C@H]4CCC#CCC[C@@H]34)C(C)C)cc2)O1. The summed E-state index contributed by atoms with van der Waals surface area (Å²) in [6, 6.07) is 3.32. The minimum Gasteiger partial charge on any atom is -0.449 e. The van der Waals surface area contributed by atoms with Gasteiger partial charge in [-0.2, -0.15) is 0 Å². The number of halogens is 2. The molecule has 29 heteroatoms. The Bertz CT molecular complexity index is 3080. The van der Waals surface area contributed by atoms with Crippen molar-refractivity contribution < 1.29 is 99.7 Å². The average Bonchev–Trinajstić information content (AvgIpc) is 1.44. The second kappa shape index (κ2) is 35.7. The summed E-state index contributed by atoms with van der Waals surface area (Å²) in [5, 5.41) is 30.0. The first-order valence-electron chi connectivity index (χ1n) is 34.2. The third-order valence-corrected chi connectivity index (χ3v) is 20.2. The number of alkyl carbamates (subject to hydrolysis) is 2. The molecule has 0 aromatic heterocycles. The Labute approximate surface area is 570 Å². The molecule has 8 amide bonds. The molecule has 10 N–H and O–H groups in total. The number of nitrogens with one attached hydrogen (secondary N) is 7. The smallest absolute Gasteiger partial charge is 0.407 e. The number of carbonyl (C=O) groups excluding carboxylic acids is 9. The fourth-order valence-electron chi connectivity index (χ4n) is 15.1. The molecule has 5 fully saturated rings. The number of hydrogen-bond acceptors (Lipinski definition) is 19. The van der Waals surface area contributed by atoms with E-state index in [0.29, 0.717) is 88.0 Å². The van der Waals surface area contributed by atoms with E-state index in [1.54, 1.807) is 32.9 Å². The molecule has 4 saturated carbocycles. The quantitative estimate of drug-likeness (QED) is 0.0251. The van der Waals surface area contributed by atoms with E-state index < -0.39 is 144 Å². The maximum absolute atomic E-state index is 17.9. The molecule has 2 unspecified atom stereocenters. The largest absolute Gasteiger partial charge is 0.449 e. The van der Waals surface area contributed by atoms with Gasteiger partial charge in [0.05, 0.1) is 71.7 Å². The monoisotopic (exact) mass is 1380 g/mol. The van der Waals surface area contributed by atoms with Crippen LogP contribution in [0.1, 0.15) is 117 Å². The van der Waals surface area contributed by atoms with Crippen molar-refractivity contribution in [1.29, 1.82) is 0 Å². The number of ketones is 2. The van der Waals surface area contributed by atoms with Gasteiger partial charge in [-0.15, -0.1) is 11.8 Å². The zero-order chi connectivity index (χ0) is 70.6. The number of aliphatic hydroxyl groups excluding tert-OH is 1. The third kappa shape index (κ3) is 19.0. The third-order valence-electron chi connectivity index (χ3n) is 20.2. The lowest BCUT2D eigenvalue weighted by Gasteiger charge is -2.63. The highest BCUT2D eigenvalue weighted by Crippen LogP contribution is 2.72. The molecule has 98 heavy (non-hydrogen) atoms. The van der Waals surface area contributed by atoms with Crippen LogP contribution in [0.5, 0.6) is 0 Å². The van der Waals surface area contributed by atoms with Crippen molar-refractivity contribution in [2.45, 2.75) is 166 Å². The predicted molar refractivity (Wildman–Crippen MR) is 348 cm³/mol. The highest BCUT2D eigenvalue weighted by atomic mass is 19.1. The van der Waals surface area contributed by atoms with Crippen LogP contribution < -0.4 is 43.0 Å². The van der Waals surface area contributed by atoms with Gasteiger partial charge in [-0.3, -0.25) is 28.8 Å². The highest BCUT2D eigenvalue weighted by molar-refractivity contribution is 6.01. The van der Waals surface area contributed by atoms with E-state index in [1.165, 1.54) is 31.2 Å². The number of urea groups is 1. The molecule has 8 rings (SSSR count). The standard InChI is InChI=1S/C69H98F2N8O19/c1-6-12-59-97-56-35-49-50-34-52(70)51-33-45(80)20-22-66(51,4)68(50,71)54(81)36-67(49,5)69(56,98-59)55(82)40-94-41-76-58(84)37-75-65(89)95-38-43-16-18-44(19-17-43)77-61(85)53(15-11-23-73-63(72)87)78-62(86)60(42(2)3)79-57(83)21-25-90-27-29-92-31-32-93-30-28-91-26-24-74-64(88)96-39-48-46-13-9-7-8-10-14-47(46)48/h16-20,22,33,42,46-50,52-54,56,59-60,81H,6,9-15,21,23-32,34-41H2,1-5H3,(H,74,88)(H,75,89)(H,76,84)(H,77,85)(H,78,86)(H,79,83)(H3,72,73,87)/t46-,47+,48?,49-,50-,52-,53-,54-,56+,59?,60-,66-,67-,68-,69+/m0/s1. The van der Waals surface area contributed by atoms with Gasteiger partial charge < -0.3 is 90.7 Å². The number of benzene rings is 1. The number of ether oxygens (including phenoxy) is 9. The van der Waals surface area contributed by atoms with Crippen molar-refractivity contribution in [3.8, 4) is 11.8 Å². The molecule has 1 saturated heterocycles. The second-order valence-electron chi connectivity index (χ2n) is 26.9. The van der Waals surface area contributed by atoms with Gasteiger partial charge in [0.15, 0.2) is 29.1 Å². The van der Waals surface area contributed by atoms with E-state index in [2.05, 4.69) is 49.1 Å². The molecular formula is C69H98F2N8O19. The van der Waals surface area contributed by atoms with Crippen LogP contribution in [-0.2, 0) is 78.0 Å². The number of rotatable bonds is 38. The summed E-state index contributed by atoms with van der Waals surface area (Å²) in [4.78, 5) is 116. The van der Waals surface area contributed by atoms with E-state index >= 15 is 8.78 Å². The fraction of sp³-hybridized carbons (Fsp3) is 0.696. The number of carbonyl (C=O) groups is 9. The molecule has 1 aromatic rings. The summed E-state index contributed by atoms with van der Waals surface area (Å²) in [5.74, 6) is 2.51. The zero-order valence-electron chi connectivity index (χ0n) is 56.7.